The molecule has 1 heterocycles. The second-order valence-corrected chi connectivity index (χ2v) is 4.70. The predicted molar refractivity (Wildman–Crippen MR) is 80.8 cm³/mol. The molecule has 0 radical (unpaired) electrons. The number of hydrogen-bond acceptors (Lipinski definition) is 3. The van der Waals surface area contributed by atoms with Crippen LogP contribution in [0, 0.1) is 0 Å². The van der Waals surface area contributed by atoms with Crippen LogP contribution in [0.5, 0.6) is 0 Å². The quantitative estimate of drug-likeness (QED) is 0.778. The van der Waals surface area contributed by atoms with Crippen molar-refractivity contribution < 1.29 is 9.59 Å². The molecule has 1 aromatic heterocycles. The van der Waals surface area contributed by atoms with Crippen LogP contribution >= 0.6 is 12.4 Å². The second kappa shape index (κ2) is 6.54. The second-order valence-electron chi connectivity index (χ2n) is 4.70. The topological polar surface area (TPSA) is 102 Å². The fraction of sp³-hybridized carbons (Fsp3) is 0.286. The third-order valence-electron chi connectivity index (χ3n) is 3.34. The first kappa shape index (κ1) is 16.2. The normalized spacial score (nSPS) is 13.5. The lowest BCUT2D eigenvalue weighted by molar-refractivity contribution is -0.120. The summed E-state index contributed by atoms with van der Waals surface area (Å²) in [6.07, 6.45) is 1.85. The van der Waals surface area contributed by atoms with Crippen molar-refractivity contribution in [3.63, 3.8) is 0 Å². The fourth-order valence-electron chi connectivity index (χ4n) is 2.33. The predicted octanol–water partition coefficient (Wildman–Crippen LogP) is 1.47. The van der Waals surface area contributed by atoms with Crippen LogP contribution in [-0.2, 0) is 9.59 Å². The average Bonchev–Trinajstić information content (AvgIpc) is 2.78. The number of nitrogens with one attached hydrogen (secondary N) is 1. The number of fused-ring (bicyclic) bond motifs is 1. The Labute approximate surface area is 123 Å². The Morgan fingerprint density at radius 3 is 2.55 bits per heavy atom. The molecule has 0 saturated carbocycles. The smallest absolute Gasteiger partial charge is 0.218 e. The van der Waals surface area contributed by atoms with E-state index >= 15 is 0 Å². The van der Waals surface area contributed by atoms with Crippen molar-refractivity contribution in [2.45, 2.75) is 25.3 Å². The van der Waals surface area contributed by atoms with Crippen molar-refractivity contribution in [1.82, 2.24) is 4.98 Å². The highest BCUT2D eigenvalue weighted by Gasteiger charge is 2.27. The molecule has 2 atom stereocenters. The lowest BCUT2D eigenvalue weighted by Crippen LogP contribution is -2.37. The molecule has 0 saturated heterocycles. The number of rotatable bonds is 5. The molecular formula is C14H18ClN3O2. The van der Waals surface area contributed by atoms with E-state index in [0.717, 1.165) is 16.5 Å². The number of primary amides is 1. The van der Waals surface area contributed by atoms with Crippen LogP contribution in [0.1, 0.15) is 24.8 Å². The van der Waals surface area contributed by atoms with Gasteiger partial charge in [-0.1, -0.05) is 18.2 Å². The molecule has 5 nitrogen and oxygen atoms in total. The Hall–Kier alpha value is -1.85. The molecule has 6 heteroatoms. The maximum atomic E-state index is 11.5. The number of amides is 1. The molecule has 5 N–H and O–H groups in total. The molecule has 0 aliphatic rings. The number of carbonyl (C=O) groups is 2. The van der Waals surface area contributed by atoms with Crippen molar-refractivity contribution >= 4 is 35.0 Å². The number of aromatic amines is 1. The number of halogens is 1. The van der Waals surface area contributed by atoms with Crippen molar-refractivity contribution in [3.05, 3.63) is 36.0 Å². The SMILES string of the molecule is CC(=O)C(N)C(CC(N)=O)c1c[nH]c2ccccc12.Cl. The van der Waals surface area contributed by atoms with Crippen LogP contribution in [0.25, 0.3) is 10.9 Å². The summed E-state index contributed by atoms with van der Waals surface area (Å²) >= 11 is 0. The Kier molecular flexibility index (Phi) is 5.30. The van der Waals surface area contributed by atoms with Gasteiger partial charge in [-0.25, -0.2) is 0 Å². The van der Waals surface area contributed by atoms with Gasteiger partial charge in [0, 0.05) is 29.4 Å². The summed E-state index contributed by atoms with van der Waals surface area (Å²) in [5.41, 5.74) is 13.0. The number of para-hydroxylation sites is 1. The van der Waals surface area contributed by atoms with Gasteiger partial charge in [-0.15, -0.1) is 12.4 Å². The lowest BCUT2D eigenvalue weighted by atomic mass is 9.86. The number of Topliss-reactive ketones (excluding diaryl/α,β-unsaturated/α-hetero) is 1. The molecule has 2 rings (SSSR count). The number of nitrogens with two attached hydrogens (primary N) is 2. The van der Waals surface area contributed by atoms with Gasteiger partial charge in [0.05, 0.1) is 6.04 Å². The van der Waals surface area contributed by atoms with Crippen LogP contribution in [0.15, 0.2) is 30.5 Å². The van der Waals surface area contributed by atoms with E-state index in [1.54, 1.807) is 6.20 Å². The Morgan fingerprint density at radius 1 is 1.30 bits per heavy atom. The van der Waals surface area contributed by atoms with Gasteiger partial charge >= 0.3 is 0 Å². The van der Waals surface area contributed by atoms with E-state index in [4.69, 9.17) is 11.5 Å². The van der Waals surface area contributed by atoms with Gasteiger partial charge in [0.25, 0.3) is 0 Å². The number of aromatic nitrogens is 1. The molecule has 0 bridgehead atoms. The molecule has 0 fully saturated rings. The molecule has 2 unspecified atom stereocenters. The largest absolute Gasteiger partial charge is 0.370 e. The highest BCUT2D eigenvalue weighted by molar-refractivity contribution is 5.89. The van der Waals surface area contributed by atoms with E-state index in [9.17, 15) is 9.59 Å². The van der Waals surface area contributed by atoms with E-state index in [2.05, 4.69) is 4.98 Å². The number of hydrogen-bond donors (Lipinski definition) is 3. The maximum Gasteiger partial charge on any atom is 0.218 e. The summed E-state index contributed by atoms with van der Waals surface area (Å²) in [6.45, 7) is 1.42. The molecule has 108 valence electrons. The zero-order valence-electron chi connectivity index (χ0n) is 11.1. The molecule has 0 spiro atoms. The third kappa shape index (κ3) is 3.18. The summed E-state index contributed by atoms with van der Waals surface area (Å²) in [4.78, 5) is 25.8. The molecular weight excluding hydrogens is 278 g/mol. The van der Waals surface area contributed by atoms with Gasteiger partial charge in [0.2, 0.25) is 5.91 Å². The Bertz CT molecular complexity index is 624. The van der Waals surface area contributed by atoms with Crippen molar-refractivity contribution in [1.29, 1.82) is 0 Å². The van der Waals surface area contributed by atoms with Crippen LogP contribution in [-0.4, -0.2) is 22.7 Å². The average molecular weight is 296 g/mol. The zero-order valence-corrected chi connectivity index (χ0v) is 11.9. The zero-order chi connectivity index (χ0) is 14.0. The van der Waals surface area contributed by atoms with E-state index in [1.807, 2.05) is 24.3 Å². The summed E-state index contributed by atoms with van der Waals surface area (Å²) in [5.74, 6) is -1.02. The standard InChI is InChI=1S/C14H17N3O2.ClH/c1-8(18)14(16)10(6-13(15)19)11-7-17-12-5-3-2-4-9(11)12;/h2-5,7,10,14,17H,6,16H2,1H3,(H2,15,19);1H. The summed E-state index contributed by atoms with van der Waals surface area (Å²) in [6, 6.07) is 6.95. The van der Waals surface area contributed by atoms with Crippen molar-refractivity contribution in [3.8, 4) is 0 Å². The van der Waals surface area contributed by atoms with Crippen LogP contribution < -0.4 is 11.5 Å². The molecule has 0 aliphatic carbocycles. The van der Waals surface area contributed by atoms with Gasteiger partial charge in [0.1, 0.15) is 5.78 Å². The minimum absolute atomic E-state index is 0. The van der Waals surface area contributed by atoms with E-state index < -0.39 is 17.9 Å². The molecule has 1 aromatic carbocycles. The Balaban J connectivity index is 0.00000200. The van der Waals surface area contributed by atoms with Crippen LogP contribution in [0.2, 0.25) is 0 Å². The first-order valence-electron chi connectivity index (χ1n) is 6.11. The van der Waals surface area contributed by atoms with E-state index in [0.29, 0.717) is 0 Å². The lowest BCUT2D eigenvalue weighted by Gasteiger charge is -2.20. The molecule has 0 aliphatic heterocycles. The highest BCUT2D eigenvalue weighted by Crippen LogP contribution is 2.30. The number of benzene rings is 1. The number of ketones is 1. The Morgan fingerprint density at radius 2 is 1.95 bits per heavy atom. The number of H-pyrrole nitrogens is 1. The van der Waals surface area contributed by atoms with E-state index in [1.165, 1.54) is 6.92 Å². The van der Waals surface area contributed by atoms with Gasteiger partial charge in [-0.2, -0.15) is 0 Å². The fourth-order valence-corrected chi connectivity index (χ4v) is 2.33. The monoisotopic (exact) mass is 295 g/mol. The van der Waals surface area contributed by atoms with Crippen LogP contribution in [0.4, 0.5) is 0 Å². The summed E-state index contributed by atoms with van der Waals surface area (Å²) in [7, 11) is 0. The first-order chi connectivity index (χ1) is 9.00. The van der Waals surface area contributed by atoms with Gasteiger partial charge in [0.15, 0.2) is 0 Å². The highest BCUT2D eigenvalue weighted by atomic mass is 35.5. The molecule has 2 aromatic rings. The first-order valence-corrected chi connectivity index (χ1v) is 6.11. The molecule has 1 amide bonds. The van der Waals surface area contributed by atoms with Gasteiger partial charge < -0.3 is 16.5 Å². The van der Waals surface area contributed by atoms with E-state index in [-0.39, 0.29) is 24.6 Å². The minimum Gasteiger partial charge on any atom is -0.370 e. The number of carbonyl (C=O) groups excluding carboxylic acids is 2. The third-order valence-corrected chi connectivity index (χ3v) is 3.34. The van der Waals surface area contributed by atoms with Crippen molar-refractivity contribution in [2.24, 2.45) is 11.5 Å². The van der Waals surface area contributed by atoms with Gasteiger partial charge in [-0.05, 0) is 18.6 Å². The summed E-state index contributed by atoms with van der Waals surface area (Å²) < 4.78 is 0. The van der Waals surface area contributed by atoms with Crippen molar-refractivity contribution in [2.75, 3.05) is 0 Å². The summed E-state index contributed by atoms with van der Waals surface area (Å²) in [5, 5.41) is 0.963. The maximum absolute atomic E-state index is 11.5. The minimum atomic E-state index is -0.730. The van der Waals surface area contributed by atoms with Crippen LogP contribution in [0.3, 0.4) is 0 Å². The molecule has 20 heavy (non-hydrogen) atoms. The van der Waals surface area contributed by atoms with Gasteiger partial charge in [-0.3, -0.25) is 9.59 Å².